The highest BCUT2D eigenvalue weighted by atomic mass is 16.2. The summed E-state index contributed by atoms with van der Waals surface area (Å²) in [7, 11) is 0. The third-order valence-corrected chi connectivity index (χ3v) is 2.81. The topological polar surface area (TPSA) is 68.0 Å². The quantitative estimate of drug-likeness (QED) is 0.876. The molecule has 0 fully saturated rings. The maximum atomic E-state index is 11.9. The first-order valence-corrected chi connectivity index (χ1v) is 6.18. The standard InChI is InChI=1S/C15H17N3O/c1-11-7-8-13(10-17-11)18-15(19)14(16)9-12-5-3-2-4-6-12/h2-8,10,14H,9,16H2,1H3,(H,18,19)/t14-/m1/s1. The van der Waals surface area contributed by atoms with Gasteiger partial charge in [-0.15, -0.1) is 0 Å². The Bertz CT molecular complexity index is 537. The number of benzene rings is 1. The molecule has 1 heterocycles. The summed E-state index contributed by atoms with van der Waals surface area (Å²) >= 11 is 0. The molecule has 4 nitrogen and oxygen atoms in total. The summed E-state index contributed by atoms with van der Waals surface area (Å²) in [6.07, 6.45) is 2.15. The van der Waals surface area contributed by atoms with E-state index in [1.165, 1.54) is 0 Å². The predicted octanol–water partition coefficient (Wildman–Crippen LogP) is 1.90. The monoisotopic (exact) mass is 255 g/mol. The number of carbonyl (C=O) groups excluding carboxylic acids is 1. The molecule has 4 heteroatoms. The summed E-state index contributed by atoms with van der Waals surface area (Å²) in [6.45, 7) is 1.90. The fraction of sp³-hybridized carbons (Fsp3) is 0.200. The van der Waals surface area contributed by atoms with Crippen LogP contribution in [-0.4, -0.2) is 16.9 Å². The summed E-state index contributed by atoms with van der Waals surface area (Å²) in [6, 6.07) is 12.8. The van der Waals surface area contributed by atoms with Crippen molar-refractivity contribution in [3.63, 3.8) is 0 Å². The fourth-order valence-electron chi connectivity index (χ4n) is 1.74. The van der Waals surface area contributed by atoms with Gasteiger partial charge in [0.1, 0.15) is 0 Å². The normalized spacial score (nSPS) is 11.9. The lowest BCUT2D eigenvalue weighted by Crippen LogP contribution is -2.37. The number of rotatable bonds is 4. The van der Waals surface area contributed by atoms with Crippen LogP contribution in [0.3, 0.4) is 0 Å². The van der Waals surface area contributed by atoms with Crippen LogP contribution in [0, 0.1) is 6.92 Å². The van der Waals surface area contributed by atoms with Crippen molar-refractivity contribution in [2.24, 2.45) is 5.73 Å². The summed E-state index contributed by atoms with van der Waals surface area (Å²) in [4.78, 5) is 16.1. The molecular formula is C15H17N3O. The van der Waals surface area contributed by atoms with E-state index in [9.17, 15) is 4.79 Å². The number of carbonyl (C=O) groups is 1. The number of aryl methyl sites for hydroxylation is 1. The van der Waals surface area contributed by atoms with Gasteiger partial charge in [-0.2, -0.15) is 0 Å². The van der Waals surface area contributed by atoms with Crippen LogP contribution >= 0.6 is 0 Å². The SMILES string of the molecule is Cc1ccc(NC(=O)[C@H](N)Cc2ccccc2)cn1. The second kappa shape index (κ2) is 6.11. The van der Waals surface area contributed by atoms with Crippen molar-refractivity contribution in [1.82, 2.24) is 4.98 Å². The molecule has 1 aromatic carbocycles. The van der Waals surface area contributed by atoms with Crippen molar-refractivity contribution in [1.29, 1.82) is 0 Å². The summed E-state index contributed by atoms with van der Waals surface area (Å²) in [5.41, 5.74) is 8.52. The third-order valence-electron chi connectivity index (χ3n) is 2.81. The molecule has 0 unspecified atom stereocenters. The Morgan fingerprint density at radius 2 is 2.00 bits per heavy atom. The number of hydrogen-bond donors (Lipinski definition) is 2. The molecular weight excluding hydrogens is 238 g/mol. The van der Waals surface area contributed by atoms with Crippen LogP contribution in [-0.2, 0) is 11.2 Å². The maximum absolute atomic E-state index is 11.9. The first-order chi connectivity index (χ1) is 9.15. The Morgan fingerprint density at radius 1 is 1.26 bits per heavy atom. The van der Waals surface area contributed by atoms with Gasteiger partial charge in [-0.3, -0.25) is 9.78 Å². The van der Waals surface area contributed by atoms with E-state index in [0.717, 1.165) is 11.3 Å². The van der Waals surface area contributed by atoms with E-state index < -0.39 is 6.04 Å². The number of anilines is 1. The van der Waals surface area contributed by atoms with Gasteiger partial charge in [0.15, 0.2) is 0 Å². The van der Waals surface area contributed by atoms with Crippen LogP contribution in [0.25, 0.3) is 0 Å². The Balaban J connectivity index is 1.94. The Labute approximate surface area is 112 Å². The van der Waals surface area contributed by atoms with Crippen LogP contribution in [0.15, 0.2) is 48.7 Å². The number of nitrogens with one attached hydrogen (secondary N) is 1. The Kier molecular flexibility index (Phi) is 4.26. The van der Waals surface area contributed by atoms with Crippen molar-refractivity contribution < 1.29 is 4.79 Å². The summed E-state index contributed by atoms with van der Waals surface area (Å²) in [5, 5.41) is 2.76. The molecule has 0 saturated heterocycles. The van der Waals surface area contributed by atoms with Gasteiger partial charge in [-0.25, -0.2) is 0 Å². The van der Waals surface area contributed by atoms with Gasteiger partial charge in [0.2, 0.25) is 5.91 Å². The van der Waals surface area contributed by atoms with Gasteiger partial charge < -0.3 is 11.1 Å². The second-order valence-electron chi connectivity index (χ2n) is 4.47. The molecule has 0 saturated carbocycles. The molecule has 3 N–H and O–H groups in total. The van der Waals surface area contributed by atoms with Crippen LogP contribution < -0.4 is 11.1 Å². The van der Waals surface area contributed by atoms with Gasteiger partial charge in [0, 0.05) is 5.69 Å². The molecule has 1 aromatic heterocycles. The van der Waals surface area contributed by atoms with Crippen LogP contribution in [0.5, 0.6) is 0 Å². The summed E-state index contributed by atoms with van der Waals surface area (Å²) < 4.78 is 0. The second-order valence-corrected chi connectivity index (χ2v) is 4.47. The van der Waals surface area contributed by atoms with Crippen LogP contribution in [0.1, 0.15) is 11.3 Å². The van der Waals surface area contributed by atoms with E-state index in [4.69, 9.17) is 5.73 Å². The number of nitrogens with two attached hydrogens (primary N) is 1. The lowest BCUT2D eigenvalue weighted by molar-refractivity contribution is -0.117. The van der Waals surface area contributed by atoms with Gasteiger partial charge in [-0.05, 0) is 31.0 Å². The largest absolute Gasteiger partial charge is 0.323 e. The first-order valence-electron chi connectivity index (χ1n) is 6.18. The highest BCUT2D eigenvalue weighted by Gasteiger charge is 2.14. The smallest absolute Gasteiger partial charge is 0.241 e. The zero-order valence-electron chi connectivity index (χ0n) is 10.8. The molecule has 0 bridgehead atoms. The lowest BCUT2D eigenvalue weighted by atomic mass is 10.1. The number of pyridine rings is 1. The first kappa shape index (κ1) is 13.2. The number of nitrogens with zero attached hydrogens (tertiary/aromatic N) is 1. The summed E-state index contributed by atoms with van der Waals surface area (Å²) in [5.74, 6) is -0.200. The molecule has 2 rings (SSSR count). The molecule has 19 heavy (non-hydrogen) atoms. The molecule has 1 atom stereocenters. The molecule has 0 aliphatic heterocycles. The molecule has 98 valence electrons. The number of amides is 1. The zero-order valence-corrected chi connectivity index (χ0v) is 10.8. The van der Waals surface area contributed by atoms with Crippen molar-refractivity contribution in [3.8, 4) is 0 Å². The van der Waals surface area contributed by atoms with Gasteiger partial charge in [0.05, 0.1) is 17.9 Å². The van der Waals surface area contributed by atoms with E-state index in [-0.39, 0.29) is 5.91 Å². The number of hydrogen-bond acceptors (Lipinski definition) is 3. The molecule has 1 amide bonds. The van der Waals surface area contributed by atoms with E-state index in [1.807, 2.05) is 49.4 Å². The molecule has 0 aliphatic carbocycles. The van der Waals surface area contributed by atoms with Crippen LogP contribution in [0.2, 0.25) is 0 Å². The van der Waals surface area contributed by atoms with Crippen molar-refractivity contribution in [2.75, 3.05) is 5.32 Å². The minimum absolute atomic E-state index is 0.200. The van der Waals surface area contributed by atoms with Gasteiger partial charge in [0.25, 0.3) is 0 Å². The minimum atomic E-state index is -0.566. The average Bonchev–Trinajstić information content (AvgIpc) is 2.42. The van der Waals surface area contributed by atoms with Gasteiger partial charge >= 0.3 is 0 Å². The maximum Gasteiger partial charge on any atom is 0.241 e. The van der Waals surface area contributed by atoms with E-state index in [2.05, 4.69) is 10.3 Å². The minimum Gasteiger partial charge on any atom is -0.323 e. The average molecular weight is 255 g/mol. The molecule has 0 aliphatic rings. The van der Waals surface area contributed by atoms with Crippen LogP contribution in [0.4, 0.5) is 5.69 Å². The van der Waals surface area contributed by atoms with E-state index >= 15 is 0 Å². The van der Waals surface area contributed by atoms with Gasteiger partial charge in [-0.1, -0.05) is 30.3 Å². The van der Waals surface area contributed by atoms with Crippen molar-refractivity contribution in [2.45, 2.75) is 19.4 Å². The zero-order chi connectivity index (χ0) is 13.7. The lowest BCUT2D eigenvalue weighted by Gasteiger charge is -2.12. The molecule has 0 radical (unpaired) electrons. The Hall–Kier alpha value is -2.20. The number of aromatic nitrogens is 1. The highest BCUT2D eigenvalue weighted by Crippen LogP contribution is 2.07. The fourth-order valence-corrected chi connectivity index (χ4v) is 1.74. The van der Waals surface area contributed by atoms with E-state index in [1.54, 1.807) is 6.20 Å². The Morgan fingerprint density at radius 3 is 2.63 bits per heavy atom. The molecule has 0 spiro atoms. The molecule has 2 aromatic rings. The third kappa shape index (κ3) is 3.89. The highest BCUT2D eigenvalue weighted by molar-refractivity contribution is 5.94. The van der Waals surface area contributed by atoms with Crippen molar-refractivity contribution in [3.05, 3.63) is 59.9 Å². The van der Waals surface area contributed by atoms with E-state index in [0.29, 0.717) is 12.1 Å². The predicted molar refractivity (Wildman–Crippen MR) is 75.7 cm³/mol. The van der Waals surface area contributed by atoms with Crippen molar-refractivity contribution >= 4 is 11.6 Å².